The van der Waals surface area contributed by atoms with Gasteiger partial charge in [0, 0.05) is 13.0 Å². The SMILES string of the molecule is Cc1cccc(-n2nc(C(=O)NCCCc3ccccc3)nc2CCc2ccccc2)c1. The second kappa shape index (κ2) is 10.5. The van der Waals surface area contributed by atoms with Crippen LogP contribution in [0, 0.1) is 6.92 Å². The van der Waals surface area contributed by atoms with Crippen molar-refractivity contribution in [2.45, 2.75) is 32.6 Å². The molecular formula is C27H28N4O. The van der Waals surface area contributed by atoms with E-state index in [9.17, 15) is 4.79 Å². The van der Waals surface area contributed by atoms with E-state index in [0.717, 1.165) is 36.3 Å². The molecule has 1 aromatic heterocycles. The third-order valence-corrected chi connectivity index (χ3v) is 5.37. The fourth-order valence-electron chi connectivity index (χ4n) is 3.69. The zero-order chi connectivity index (χ0) is 22.2. The number of hydrogen-bond acceptors (Lipinski definition) is 3. The Labute approximate surface area is 189 Å². The van der Waals surface area contributed by atoms with E-state index in [4.69, 9.17) is 0 Å². The van der Waals surface area contributed by atoms with Crippen molar-refractivity contribution in [3.63, 3.8) is 0 Å². The molecule has 1 N–H and O–H groups in total. The molecule has 4 aromatic rings. The summed E-state index contributed by atoms with van der Waals surface area (Å²) in [5, 5.41) is 7.53. The molecule has 0 saturated heterocycles. The van der Waals surface area contributed by atoms with Gasteiger partial charge in [-0.3, -0.25) is 4.79 Å². The third-order valence-electron chi connectivity index (χ3n) is 5.37. The largest absolute Gasteiger partial charge is 0.349 e. The van der Waals surface area contributed by atoms with Gasteiger partial charge in [0.05, 0.1) is 5.69 Å². The van der Waals surface area contributed by atoms with Crippen LogP contribution >= 0.6 is 0 Å². The van der Waals surface area contributed by atoms with E-state index >= 15 is 0 Å². The van der Waals surface area contributed by atoms with Crippen LogP contribution in [-0.2, 0) is 19.3 Å². The van der Waals surface area contributed by atoms with Crippen molar-refractivity contribution >= 4 is 5.91 Å². The van der Waals surface area contributed by atoms with Gasteiger partial charge in [0.1, 0.15) is 5.82 Å². The monoisotopic (exact) mass is 424 g/mol. The van der Waals surface area contributed by atoms with Crippen LogP contribution in [0.15, 0.2) is 84.9 Å². The molecule has 0 bridgehead atoms. The Morgan fingerprint density at radius 2 is 1.53 bits per heavy atom. The number of hydrogen-bond donors (Lipinski definition) is 1. The molecule has 0 saturated carbocycles. The van der Waals surface area contributed by atoms with E-state index < -0.39 is 0 Å². The fourth-order valence-corrected chi connectivity index (χ4v) is 3.69. The molecule has 3 aromatic carbocycles. The minimum Gasteiger partial charge on any atom is -0.349 e. The van der Waals surface area contributed by atoms with Crippen molar-refractivity contribution in [2.75, 3.05) is 6.54 Å². The van der Waals surface area contributed by atoms with Gasteiger partial charge >= 0.3 is 0 Å². The van der Waals surface area contributed by atoms with Crippen LogP contribution in [0.3, 0.4) is 0 Å². The maximum atomic E-state index is 12.7. The average Bonchev–Trinajstić information content (AvgIpc) is 3.26. The first-order chi connectivity index (χ1) is 15.7. The highest BCUT2D eigenvalue weighted by atomic mass is 16.2. The molecular weight excluding hydrogens is 396 g/mol. The Hall–Kier alpha value is -3.73. The minimum absolute atomic E-state index is 0.217. The van der Waals surface area contributed by atoms with Gasteiger partial charge in [-0.1, -0.05) is 72.8 Å². The highest BCUT2D eigenvalue weighted by Crippen LogP contribution is 2.14. The van der Waals surface area contributed by atoms with Crippen LogP contribution in [-0.4, -0.2) is 27.2 Å². The molecule has 0 spiro atoms. The molecule has 0 radical (unpaired) electrons. The number of aromatic nitrogens is 3. The predicted molar refractivity (Wildman–Crippen MR) is 127 cm³/mol. The summed E-state index contributed by atoms with van der Waals surface area (Å²) in [5.41, 5.74) is 4.56. The van der Waals surface area contributed by atoms with E-state index in [2.05, 4.69) is 45.7 Å². The molecule has 5 heteroatoms. The molecule has 1 amide bonds. The molecule has 162 valence electrons. The summed E-state index contributed by atoms with van der Waals surface area (Å²) in [6.45, 7) is 2.64. The van der Waals surface area contributed by atoms with Crippen LogP contribution in [0.5, 0.6) is 0 Å². The summed E-state index contributed by atoms with van der Waals surface area (Å²) in [5.74, 6) is 0.772. The smallest absolute Gasteiger partial charge is 0.290 e. The first kappa shape index (κ1) is 21.5. The van der Waals surface area contributed by atoms with Crippen molar-refractivity contribution in [3.8, 4) is 5.69 Å². The van der Waals surface area contributed by atoms with Gasteiger partial charge in [0.15, 0.2) is 0 Å². The number of aryl methyl sites for hydroxylation is 4. The Balaban J connectivity index is 1.45. The van der Waals surface area contributed by atoms with E-state index in [-0.39, 0.29) is 11.7 Å². The van der Waals surface area contributed by atoms with Gasteiger partial charge in [-0.2, -0.15) is 0 Å². The number of nitrogens with one attached hydrogen (secondary N) is 1. The second-order valence-corrected chi connectivity index (χ2v) is 7.93. The molecule has 4 rings (SSSR count). The zero-order valence-corrected chi connectivity index (χ0v) is 18.4. The van der Waals surface area contributed by atoms with Gasteiger partial charge in [-0.05, 0) is 55.0 Å². The normalized spacial score (nSPS) is 10.8. The molecule has 0 fully saturated rings. The van der Waals surface area contributed by atoms with Crippen molar-refractivity contribution in [2.24, 2.45) is 0 Å². The van der Waals surface area contributed by atoms with Crippen molar-refractivity contribution in [1.82, 2.24) is 20.1 Å². The van der Waals surface area contributed by atoms with Crippen LogP contribution in [0.1, 0.15) is 39.6 Å². The van der Waals surface area contributed by atoms with Gasteiger partial charge < -0.3 is 5.32 Å². The Morgan fingerprint density at radius 3 is 2.22 bits per heavy atom. The summed E-state index contributed by atoms with van der Waals surface area (Å²) in [4.78, 5) is 17.4. The molecule has 5 nitrogen and oxygen atoms in total. The van der Waals surface area contributed by atoms with Crippen molar-refractivity contribution < 1.29 is 4.79 Å². The van der Waals surface area contributed by atoms with Crippen LogP contribution in [0.2, 0.25) is 0 Å². The summed E-state index contributed by atoms with van der Waals surface area (Å²) in [7, 11) is 0. The zero-order valence-electron chi connectivity index (χ0n) is 18.4. The molecule has 32 heavy (non-hydrogen) atoms. The lowest BCUT2D eigenvalue weighted by molar-refractivity contribution is 0.0943. The Bertz CT molecular complexity index is 1150. The van der Waals surface area contributed by atoms with E-state index in [1.807, 2.05) is 61.5 Å². The molecule has 1 heterocycles. The number of nitrogens with zero attached hydrogens (tertiary/aromatic N) is 3. The molecule has 0 unspecified atom stereocenters. The quantitative estimate of drug-likeness (QED) is 0.396. The van der Waals surface area contributed by atoms with Crippen molar-refractivity contribution in [3.05, 3.63) is 113 Å². The number of carbonyl (C=O) groups is 1. The number of benzene rings is 3. The lowest BCUT2D eigenvalue weighted by atomic mass is 10.1. The van der Waals surface area contributed by atoms with Gasteiger partial charge in [-0.15, -0.1) is 5.10 Å². The van der Waals surface area contributed by atoms with Crippen LogP contribution < -0.4 is 5.32 Å². The second-order valence-electron chi connectivity index (χ2n) is 7.93. The Kier molecular flexibility index (Phi) is 7.08. The number of carbonyl (C=O) groups excluding carboxylic acids is 1. The summed E-state index contributed by atoms with van der Waals surface area (Å²) < 4.78 is 1.80. The van der Waals surface area contributed by atoms with E-state index in [1.165, 1.54) is 11.1 Å². The van der Waals surface area contributed by atoms with Crippen molar-refractivity contribution in [1.29, 1.82) is 0 Å². The van der Waals surface area contributed by atoms with Gasteiger partial charge in [0.2, 0.25) is 5.82 Å². The summed E-state index contributed by atoms with van der Waals surface area (Å²) in [6, 6.07) is 28.7. The first-order valence-corrected chi connectivity index (χ1v) is 11.1. The first-order valence-electron chi connectivity index (χ1n) is 11.1. The van der Waals surface area contributed by atoms with E-state index in [0.29, 0.717) is 13.0 Å². The maximum Gasteiger partial charge on any atom is 0.290 e. The number of amides is 1. The van der Waals surface area contributed by atoms with Crippen LogP contribution in [0.4, 0.5) is 0 Å². The molecule has 0 atom stereocenters. The van der Waals surface area contributed by atoms with Gasteiger partial charge in [-0.25, -0.2) is 9.67 Å². The Morgan fingerprint density at radius 1 is 0.844 bits per heavy atom. The predicted octanol–water partition coefficient (Wildman–Crippen LogP) is 4.72. The molecule has 0 aliphatic rings. The lowest BCUT2D eigenvalue weighted by Crippen LogP contribution is -2.26. The molecule has 0 aliphatic heterocycles. The third kappa shape index (κ3) is 5.70. The highest BCUT2D eigenvalue weighted by Gasteiger charge is 2.17. The fraction of sp³-hybridized carbons (Fsp3) is 0.222. The summed E-state index contributed by atoms with van der Waals surface area (Å²) >= 11 is 0. The standard InChI is InChI=1S/C27H28N4O/c1-21-10-8-16-24(20-21)31-25(18-17-23-13-6-3-7-14-23)29-26(30-31)27(32)28-19-9-15-22-11-4-2-5-12-22/h2-8,10-14,16,20H,9,15,17-19H2,1H3,(H,28,32). The highest BCUT2D eigenvalue weighted by molar-refractivity contribution is 5.90. The number of rotatable bonds is 9. The molecule has 0 aliphatic carbocycles. The topological polar surface area (TPSA) is 59.8 Å². The van der Waals surface area contributed by atoms with Crippen LogP contribution in [0.25, 0.3) is 5.69 Å². The van der Waals surface area contributed by atoms with Gasteiger partial charge in [0.25, 0.3) is 5.91 Å². The maximum absolute atomic E-state index is 12.7. The lowest BCUT2D eigenvalue weighted by Gasteiger charge is -2.07. The average molecular weight is 425 g/mol. The minimum atomic E-state index is -0.231. The summed E-state index contributed by atoms with van der Waals surface area (Å²) in [6.07, 6.45) is 3.33. The van der Waals surface area contributed by atoms with E-state index in [1.54, 1.807) is 4.68 Å².